The van der Waals surface area contributed by atoms with Crippen molar-refractivity contribution in [2.75, 3.05) is 13.1 Å². The molecular formula is C21H26FN3O2. The third kappa shape index (κ3) is 5.50. The fourth-order valence-corrected chi connectivity index (χ4v) is 3.35. The standard InChI is InChI=1S/C21H26FN3O2/c1-2-12-25-13-4-3-5-19(25)21(26)24-15-16-6-11-20(23-14-16)27-18-9-7-17(22)8-10-18/h6-11,14,19H,2-5,12-13,15H2,1H3,(H,24,26). The van der Waals surface area contributed by atoms with Gasteiger partial charge in [-0.2, -0.15) is 0 Å². The van der Waals surface area contributed by atoms with E-state index in [1.807, 2.05) is 6.07 Å². The zero-order valence-electron chi connectivity index (χ0n) is 15.7. The zero-order chi connectivity index (χ0) is 19.1. The number of rotatable bonds is 7. The molecule has 1 amide bonds. The summed E-state index contributed by atoms with van der Waals surface area (Å²) in [6, 6.07) is 9.38. The molecular weight excluding hydrogens is 345 g/mol. The Balaban J connectivity index is 1.52. The molecule has 1 unspecified atom stereocenters. The number of ether oxygens (including phenoxy) is 1. The molecule has 0 spiro atoms. The second kappa shape index (κ2) is 9.46. The number of halogens is 1. The largest absolute Gasteiger partial charge is 0.439 e. The second-order valence-corrected chi connectivity index (χ2v) is 6.83. The number of piperidine rings is 1. The van der Waals surface area contributed by atoms with Gasteiger partial charge in [-0.3, -0.25) is 9.69 Å². The summed E-state index contributed by atoms with van der Waals surface area (Å²) in [5.74, 6) is 0.739. The van der Waals surface area contributed by atoms with Crippen LogP contribution in [-0.2, 0) is 11.3 Å². The Kier molecular flexibility index (Phi) is 6.76. The van der Waals surface area contributed by atoms with Gasteiger partial charge in [-0.25, -0.2) is 9.37 Å². The molecule has 6 heteroatoms. The van der Waals surface area contributed by atoms with Crippen LogP contribution in [0.25, 0.3) is 0 Å². The van der Waals surface area contributed by atoms with Crippen molar-refractivity contribution in [3.63, 3.8) is 0 Å². The number of amides is 1. The number of nitrogens with one attached hydrogen (secondary N) is 1. The monoisotopic (exact) mass is 371 g/mol. The Hall–Kier alpha value is -2.47. The molecule has 3 rings (SSSR count). The number of likely N-dealkylation sites (tertiary alicyclic amines) is 1. The Morgan fingerprint density at radius 1 is 1.26 bits per heavy atom. The highest BCUT2D eigenvalue weighted by atomic mass is 19.1. The molecule has 1 atom stereocenters. The average Bonchev–Trinajstić information content (AvgIpc) is 2.70. The molecule has 1 N–H and O–H groups in total. The van der Waals surface area contributed by atoms with Crippen molar-refractivity contribution in [1.82, 2.24) is 15.2 Å². The molecule has 1 aromatic heterocycles. The number of carbonyl (C=O) groups is 1. The van der Waals surface area contributed by atoms with Crippen molar-refractivity contribution in [3.8, 4) is 11.6 Å². The number of aromatic nitrogens is 1. The maximum Gasteiger partial charge on any atom is 0.237 e. The minimum absolute atomic E-state index is 0.0206. The fourth-order valence-electron chi connectivity index (χ4n) is 3.35. The summed E-state index contributed by atoms with van der Waals surface area (Å²) in [5, 5.41) is 3.03. The Bertz CT molecular complexity index is 732. The summed E-state index contributed by atoms with van der Waals surface area (Å²) in [6.07, 6.45) is 5.94. The molecule has 144 valence electrons. The van der Waals surface area contributed by atoms with Crippen molar-refractivity contribution >= 4 is 5.91 Å². The molecule has 0 bridgehead atoms. The first-order chi connectivity index (χ1) is 13.2. The number of carbonyl (C=O) groups excluding carboxylic acids is 1. The van der Waals surface area contributed by atoms with Gasteiger partial charge in [0, 0.05) is 18.8 Å². The zero-order valence-corrected chi connectivity index (χ0v) is 15.7. The van der Waals surface area contributed by atoms with Crippen molar-refractivity contribution in [2.24, 2.45) is 0 Å². The van der Waals surface area contributed by atoms with E-state index in [-0.39, 0.29) is 17.8 Å². The molecule has 1 saturated heterocycles. The van der Waals surface area contributed by atoms with Crippen LogP contribution in [0.15, 0.2) is 42.6 Å². The molecule has 2 aromatic rings. The van der Waals surface area contributed by atoms with E-state index in [0.717, 1.165) is 37.9 Å². The van der Waals surface area contributed by atoms with Crippen LogP contribution in [0.4, 0.5) is 4.39 Å². The second-order valence-electron chi connectivity index (χ2n) is 6.83. The summed E-state index contributed by atoms with van der Waals surface area (Å²) in [5.41, 5.74) is 0.910. The lowest BCUT2D eigenvalue weighted by atomic mass is 10.0. The van der Waals surface area contributed by atoms with Crippen LogP contribution in [0.3, 0.4) is 0 Å². The van der Waals surface area contributed by atoms with E-state index in [9.17, 15) is 9.18 Å². The first-order valence-electron chi connectivity index (χ1n) is 9.56. The first kappa shape index (κ1) is 19.3. The highest BCUT2D eigenvalue weighted by Crippen LogP contribution is 2.20. The van der Waals surface area contributed by atoms with Crippen LogP contribution in [0.1, 0.15) is 38.2 Å². The summed E-state index contributed by atoms with van der Waals surface area (Å²) in [6.45, 7) is 4.56. The van der Waals surface area contributed by atoms with E-state index in [1.54, 1.807) is 24.4 Å². The minimum atomic E-state index is -0.308. The van der Waals surface area contributed by atoms with Crippen LogP contribution < -0.4 is 10.1 Å². The van der Waals surface area contributed by atoms with Crippen molar-refractivity contribution in [2.45, 2.75) is 45.2 Å². The van der Waals surface area contributed by atoms with Gasteiger partial charge in [-0.1, -0.05) is 19.4 Å². The number of hydrogen-bond donors (Lipinski definition) is 1. The highest BCUT2D eigenvalue weighted by molar-refractivity contribution is 5.81. The van der Waals surface area contributed by atoms with Gasteiger partial charge in [0.1, 0.15) is 11.6 Å². The molecule has 1 fully saturated rings. The van der Waals surface area contributed by atoms with Gasteiger partial charge < -0.3 is 10.1 Å². The van der Waals surface area contributed by atoms with Gasteiger partial charge >= 0.3 is 0 Å². The number of hydrogen-bond acceptors (Lipinski definition) is 4. The van der Waals surface area contributed by atoms with E-state index in [1.165, 1.54) is 18.6 Å². The summed E-state index contributed by atoms with van der Waals surface area (Å²) >= 11 is 0. The van der Waals surface area contributed by atoms with E-state index in [4.69, 9.17) is 4.74 Å². The minimum Gasteiger partial charge on any atom is -0.439 e. The average molecular weight is 371 g/mol. The van der Waals surface area contributed by atoms with Gasteiger partial charge in [0.05, 0.1) is 6.04 Å². The van der Waals surface area contributed by atoms with Crippen molar-refractivity contribution in [3.05, 3.63) is 54.0 Å². The molecule has 2 heterocycles. The lowest BCUT2D eigenvalue weighted by molar-refractivity contribution is -0.127. The Labute approximate surface area is 159 Å². The summed E-state index contributed by atoms with van der Waals surface area (Å²) in [7, 11) is 0. The molecule has 27 heavy (non-hydrogen) atoms. The van der Waals surface area contributed by atoms with Gasteiger partial charge in [-0.15, -0.1) is 0 Å². The Morgan fingerprint density at radius 2 is 2.07 bits per heavy atom. The van der Waals surface area contributed by atoms with Crippen LogP contribution in [-0.4, -0.2) is 34.9 Å². The first-order valence-corrected chi connectivity index (χ1v) is 9.56. The van der Waals surface area contributed by atoms with Crippen LogP contribution in [0, 0.1) is 5.82 Å². The molecule has 0 saturated carbocycles. The third-order valence-electron chi connectivity index (χ3n) is 4.73. The third-order valence-corrected chi connectivity index (χ3v) is 4.73. The molecule has 0 radical (unpaired) electrons. The molecule has 1 aliphatic heterocycles. The predicted octanol–water partition coefficient (Wildman–Crippen LogP) is 3.89. The van der Waals surface area contributed by atoms with Crippen LogP contribution in [0.5, 0.6) is 11.6 Å². The van der Waals surface area contributed by atoms with Crippen molar-refractivity contribution in [1.29, 1.82) is 0 Å². The molecule has 1 aromatic carbocycles. The van der Waals surface area contributed by atoms with Gasteiger partial charge in [0.2, 0.25) is 11.8 Å². The maximum atomic E-state index is 12.9. The highest BCUT2D eigenvalue weighted by Gasteiger charge is 2.27. The van der Waals surface area contributed by atoms with Crippen LogP contribution >= 0.6 is 0 Å². The van der Waals surface area contributed by atoms with E-state index in [2.05, 4.69) is 22.1 Å². The fraction of sp³-hybridized carbons (Fsp3) is 0.429. The topological polar surface area (TPSA) is 54.5 Å². The maximum absolute atomic E-state index is 12.9. The van der Waals surface area contributed by atoms with Crippen molar-refractivity contribution < 1.29 is 13.9 Å². The van der Waals surface area contributed by atoms with Gasteiger partial charge in [0.15, 0.2) is 0 Å². The summed E-state index contributed by atoms with van der Waals surface area (Å²) in [4.78, 5) is 19.1. The molecule has 0 aliphatic carbocycles. The normalized spacial score (nSPS) is 17.5. The van der Waals surface area contributed by atoms with Gasteiger partial charge in [-0.05, 0) is 62.2 Å². The number of nitrogens with zero attached hydrogens (tertiary/aromatic N) is 2. The molecule has 1 aliphatic rings. The van der Waals surface area contributed by atoms with E-state index in [0.29, 0.717) is 18.2 Å². The summed E-state index contributed by atoms with van der Waals surface area (Å²) < 4.78 is 18.5. The number of pyridine rings is 1. The molecule has 5 nitrogen and oxygen atoms in total. The van der Waals surface area contributed by atoms with E-state index >= 15 is 0 Å². The number of benzene rings is 1. The lowest BCUT2D eigenvalue weighted by Gasteiger charge is -2.34. The van der Waals surface area contributed by atoms with E-state index < -0.39 is 0 Å². The van der Waals surface area contributed by atoms with Gasteiger partial charge in [0.25, 0.3) is 0 Å². The quantitative estimate of drug-likeness (QED) is 0.802. The predicted molar refractivity (Wildman–Crippen MR) is 102 cm³/mol. The SMILES string of the molecule is CCCN1CCCCC1C(=O)NCc1ccc(Oc2ccc(F)cc2)nc1. The Morgan fingerprint density at radius 3 is 2.78 bits per heavy atom. The van der Waals surface area contributed by atoms with Crippen LogP contribution in [0.2, 0.25) is 0 Å². The smallest absolute Gasteiger partial charge is 0.237 e. The lowest BCUT2D eigenvalue weighted by Crippen LogP contribution is -2.49.